The fourth-order valence-electron chi connectivity index (χ4n) is 7.84. The maximum Gasteiger partial charge on any atom is 0.268 e. The van der Waals surface area contributed by atoms with Gasteiger partial charge >= 0.3 is 0 Å². The van der Waals surface area contributed by atoms with Crippen molar-refractivity contribution in [2.24, 2.45) is 5.41 Å². The van der Waals surface area contributed by atoms with Gasteiger partial charge in [-0.25, -0.2) is 4.98 Å². The second kappa shape index (κ2) is 16.6. The number of ether oxygens (including phenoxy) is 1. The van der Waals surface area contributed by atoms with Crippen molar-refractivity contribution in [3.63, 3.8) is 0 Å². The third-order valence-electron chi connectivity index (χ3n) is 10.6. The first-order valence-corrected chi connectivity index (χ1v) is 20.3. The third-order valence-corrected chi connectivity index (χ3v) is 10.6. The summed E-state index contributed by atoms with van der Waals surface area (Å²) >= 11 is 0. The van der Waals surface area contributed by atoms with Crippen LogP contribution >= 0.6 is 0 Å². The molecular formula is C57H48N4OPt-2. The zero-order valence-corrected chi connectivity index (χ0v) is 37.7. The van der Waals surface area contributed by atoms with Gasteiger partial charge in [0.15, 0.2) is 0 Å². The number of pyridine rings is 1. The molecule has 6 heteroatoms. The molecule has 0 aliphatic rings. The molecule has 0 N–H and O–H groups in total. The number of rotatable bonds is 8. The molecule has 0 aliphatic heterocycles. The van der Waals surface area contributed by atoms with E-state index in [9.17, 15) is 2.74 Å². The van der Waals surface area contributed by atoms with E-state index in [0.29, 0.717) is 28.2 Å². The predicted molar refractivity (Wildman–Crippen MR) is 253 cm³/mol. The van der Waals surface area contributed by atoms with Gasteiger partial charge in [-0.2, -0.15) is 18.2 Å². The molecule has 0 saturated carbocycles. The Morgan fingerprint density at radius 1 is 0.683 bits per heavy atom. The molecule has 3 heterocycles. The van der Waals surface area contributed by atoms with E-state index in [4.69, 9.17) is 23.4 Å². The second-order valence-corrected chi connectivity index (χ2v) is 17.1. The maximum atomic E-state index is 9.34. The van der Waals surface area contributed by atoms with E-state index in [1.807, 2.05) is 42.6 Å². The van der Waals surface area contributed by atoms with Gasteiger partial charge in [0.1, 0.15) is 5.82 Å². The molecule has 0 radical (unpaired) electrons. The first kappa shape index (κ1) is 29.7. The van der Waals surface area contributed by atoms with Crippen molar-refractivity contribution in [2.75, 3.05) is 0 Å². The molecule has 10 aromatic rings. The minimum Gasteiger partial charge on any atom is -0.510 e. The molecule has 0 bridgehead atoms. The predicted octanol–water partition coefficient (Wildman–Crippen LogP) is 13.8. The normalized spacial score (nSPS) is 14.8. The van der Waals surface area contributed by atoms with E-state index in [0.717, 1.165) is 33.2 Å². The fraction of sp³-hybridized carbons (Fsp3) is 0.158. The molecule has 0 aliphatic carbocycles. The van der Waals surface area contributed by atoms with Crippen LogP contribution in [0.25, 0.3) is 72.3 Å². The number of imidazole rings is 1. The summed E-state index contributed by atoms with van der Waals surface area (Å²) in [5, 5.41) is 1.97. The van der Waals surface area contributed by atoms with Crippen LogP contribution in [0, 0.1) is 23.9 Å². The van der Waals surface area contributed by atoms with E-state index in [2.05, 4.69) is 55.9 Å². The summed E-state index contributed by atoms with van der Waals surface area (Å²) in [6.07, 6.45) is 3.29. The van der Waals surface area contributed by atoms with Gasteiger partial charge in [0.25, 0.3) is 6.33 Å². The van der Waals surface area contributed by atoms with E-state index in [1.54, 1.807) is 61.7 Å². The summed E-state index contributed by atoms with van der Waals surface area (Å²) in [6.45, 7) is 11.8. The number of hydrogen-bond donors (Lipinski definition) is 0. The van der Waals surface area contributed by atoms with Gasteiger partial charge in [0.2, 0.25) is 0 Å². The van der Waals surface area contributed by atoms with Crippen molar-refractivity contribution in [3.8, 4) is 50.9 Å². The van der Waals surface area contributed by atoms with Gasteiger partial charge in [-0.05, 0) is 80.4 Å². The second-order valence-electron chi connectivity index (χ2n) is 17.1. The monoisotopic (exact) mass is 1010 g/mol. The van der Waals surface area contributed by atoms with Crippen molar-refractivity contribution in [3.05, 3.63) is 199 Å². The Bertz CT molecular complexity index is 3820. The molecule has 0 spiro atoms. The maximum absolute atomic E-state index is 9.34. The number of hydrogen-bond acceptors (Lipinski definition) is 2. The van der Waals surface area contributed by atoms with Gasteiger partial charge in [-0.15, -0.1) is 29.7 Å². The van der Waals surface area contributed by atoms with Crippen LogP contribution in [0.5, 0.6) is 11.5 Å². The summed E-state index contributed by atoms with van der Waals surface area (Å²) in [7, 11) is 0. The summed E-state index contributed by atoms with van der Waals surface area (Å²) in [6, 6.07) is 32.1. The summed E-state index contributed by atoms with van der Waals surface area (Å²) in [5.41, 5.74) is 3.00. The molecule has 5 nitrogen and oxygen atoms in total. The largest absolute Gasteiger partial charge is 0.510 e. The van der Waals surface area contributed by atoms with E-state index in [1.165, 1.54) is 22.8 Å². The van der Waals surface area contributed by atoms with E-state index < -0.39 is 72.2 Å². The molecule has 0 atom stereocenters. The average molecular weight is 1010 g/mol. The molecule has 0 amide bonds. The molecule has 0 unspecified atom stereocenters. The van der Waals surface area contributed by atoms with Crippen LogP contribution < -0.4 is 9.30 Å². The number of nitrogens with zero attached hydrogens (tertiary/aromatic N) is 4. The van der Waals surface area contributed by atoms with Gasteiger partial charge in [-0.1, -0.05) is 162 Å². The van der Waals surface area contributed by atoms with Crippen molar-refractivity contribution in [2.45, 2.75) is 53.3 Å². The fourth-order valence-corrected chi connectivity index (χ4v) is 7.84. The number of para-hydroxylation sites is 2. The Labute approximate surface area is 401 Å². The van der Waals surface area contributed by atoms with Crippen LogP contribution in [0.1, 0.15) is 69.1 Å². The molecule has 0 saturated heterocycles. The minimum absolute atomic E-state index is 0. The number of aromatic nitrogens is 4. The molecular weight excluding hydrogens is 952 g/mol. The number of benzene rings is 7. The molecule has 10 rings (SSSR count). The van der Waals surface area contributed by atoms with Crippen molar-refractivity contribution >= 4 is 32.8 Å². The van der Waals surface area contributed by atoms with Crippen molar-refractivity contribution in [1.29, 1.82) is 0 Å². The summed E-state index contributed by atoms with van der Waals surface area (Å²) < 4.78 is 118. The van der Waals surface area contributed by atoms with Crippen molar-refractivity contribution < 1.29 is 46.8 Å². The first-order chi connectivity index (χ1) is 34.9. The van der Waals surface area contributed by atoms with Crippen LogP contribution in [-0.2, 0) is 32.9 Å². The van der Waals surface area contributed by atoms with E-state index >= 15 is 0 Å². The Morgan fingerprint density at radius 2 is 1.37 bits per heavy atom. The molecule has 3 aromatic heterocycles. The van der Waals surface area contributed by atoms with Gasteiger partial charge in [-0.3, -0.25) is 4.57 Å². The van der Waals surface area contributed by atoms with Gasteiger partial charge < -0.3 is 13.9 Å². The molecule has 7 aromatic carbocycles. The Kier molecular flexibility index (Phi) is 7.83. The standard InChI is InChI=1S/C57H48N4O.Pt/c1-56(2,3)37-39-27-30-51-53(33-39)60(55-46(40-17-9-7-10-18-40)24-16-25-47(55)41-19-11-8-12-20-41)38-59(51)43-21-15-22-44(35-43)62-45-28-29-49-48-23-13-14-26-50(48)61(52(49)36-45)54-34-42(31-32-58-54)57(4,5)6;/h7-34H,37H2,1-6H3;/q-2;/i7D,8D,9D,10D,11D,12D,17D,18D,19D,20D,37D2;. The van der Waals surface area contributed by atoms with Crippen LogP contribution in [0.3, 0.4) is 0 Å². The smallest absolute Gasteiger partial charge is 0.268 e. The quantitative estimate of drug-likeness (QED) is 0.112. The number of fused-ring (bicyclic) bond motifs is 4. The van der Waals surface area contributed by atoms with Crippen LogP contribution in [0.4, 0.5) is 0 Å². The average Bonchev–Trinajstić information content (AvgIpc) is 3.94. The third kappa shape index (κ3) is 8.15. The van der Waals surface area contributed by atoms with Crippen LogP contribution in [0.2, 0.25) is 0 Å². The zero-order chi connectivity index (χ0) is 53.1. The SMILES string of the molecule is [2H]c1c([2H])c([2H])c(-c2cccc(-c3c([2H])c([2H])c([2H])c([2H])c3[2H])c2-[n+]2[c-]n(-c3[c-]c(Oc4[c-]c5c(cc4)c4ccccc4n5-c4cc(C(C)(C)C)ccn4)ccc3)c3ccc(C([2H])([2H])C(C)(C)C)cc32)c([2H])c1[2H].[Pt]. The topological polar surface area (TPSA) is 35.9 Å². The minimum atomic E-state index is -1.92. The molecule has 314 valence electrons. The van der Waals surface area contributed by atoms with Gasteiger partial charge in [0.05, 0.1) is 30.4 Å². The van der Waals surface area contributed by atoms with E-state index in [-0.39, 0.29) is 60.0 Å². The zero-order valence-electron chi connectivity index (χ0n) is 47.4. The Hall–Kier alpha value is -6.55. The van der Waals surface area contributed by atoms with Gasteiger partial charge in [0, 0.05) is 47.0 Å². The van der Waals surface area contributed by atoms with Crippen molar-refractivity contribution in [1.82, 2.24) is 14.1 Å². The van der Waals surface area contributed by atoms with Crippen LogP contribution in [-0.4, -0.2) is 14.1 Å². The molecule has 0 fully saturated rings. The first-order valence-electron chi connectivity index (χ1n) is 26.3. The summed E-state index contributed by atoms with van der Waals surface area (Å²) in [4.78, 5) is 4.80. The Morgan fingerprint density at radius 3 is 2.06 bits per heavy atom. The van der Waals surface area contributed by atoms with Crippen LogP contribution in [0.15, 0.2) is 170 Å². The summed E-state index contributed by atoms with van der Waals surface area (Å²) in [5.74, 6) is 1.43. The Balaban J connectivity index is 0.00000689. The molecule has 63 heavy (non-hydrogen) atoms.